The molecule has 0 aliphatic heterocycles. The van der Waals surface area contributed by atoms with E-state index in [0.29, 0.717) is 12.0 Å². The molecule has 1 aromatic carbocycles. The Labute approximate surface area is 146 Å². The van der Waals surface area contributed by atoms with Crippen molar-refractivity contribution in [1.29, 1.82) is 0 Å². The zero-order chi connectivity index (χ0) is 18.1. The number of benzene rings is 1. The molecule has 134 valence electrons. The number of ether oxygens (including phenoxy) is 1. The van der Waals surface area contributed by atoms with Gasteiger partial charge in [0.05, 0.1) is 6.10 Å². The Morgan fingerprint density at radius 3 is 2.72 bits per heavy atom. The fourth-order valence-corrected chi connectivity index (χ4v) is 3.50. The van der Waals surface area contributed by atoms with Gasteiger partial charge in [-0.15, -0.1) is 0 Å². The SMILES string of the molecule is CO[C@H]1C[C@@H](C(=O)Nc2cc3c(C)cc(=O)oc3cc2C)CC[C@@H]1N. The second kappa shape index (κ2) is 6.98. The van der Waals surface area contributed by atoms with Crippen molar-refractivity contribution < 1.29 is 13.9 Å². The Morgan fingerprint density at radius 1 is 1.24 bits per heavy atom. The van der Waals surface area contributed by atoms with Gasteiger partial charge in [-0.3, -0.25) is 4.79 Å². The van der Waals surface area contributed by atoms with Gasteiger partial charge in [0.1, 0.15) is 5.58 Å². The lowest BCUT2D eigenvalue weighted by molar-refractivity contribution is -0.122. The second-order valence-electron chi connectivity index (χ2n) is 6.85. The summed E-state index contributed by atoms with van der Waals surface area (Å²) in [6.07, 6.45) is 2.08. The molecule has 0 radical (unpaired) electrons. The van der Waals surface area contributed by atoms with Crippen LogP contribution in [0.15, 0.2) is 27.4 Å². The zero-order valence-corrected chi connectivity index (χ0v) is 14.8. The zero-order valence-electron chi connectivity index (χ0n) is 14.8. The molecular formula is C19H24N2O4. The van der Waals surface area contributed by atoms with E-state index in [4.69, 9.17) is 14.9 Å². The van der Waals surface area contributed by atoms with Crippen molar-refractivity contribution in [3.8, 4) is 0 Å². The number of hydrogen-bond donors (Lipinski definition) is 2. The van der Waals surface area contributed by atoms with Crippen molar-refractivity contribution in [2.45, 2.75) is 45.3 Å². The molecule has 1 aromatic heterocycles. The van der Waals surface area contributed by atoms with E-state index in [2.05, 4.69) is 5.32 Å². The number of anilines is 1. The number of rotatable bonds is 3. The average Bonchev–Trinajstić information content (AvgIpc) is 2.56. The molecule has 1 fully saturated rings. The third kappa shape index (κ3) is 3.60. The van der Waals surface area contributed by atoms with Gasteiger partial charge < -0.3 is 20.2 Å². The van der Waals surface area contributed by atoms with Gasteiger partial charge in [0.15, 0.2) is 0 Å². The van der Waals surface area contributed by atoms with Gasteiger partial charge >= 0.3 is 5.63 Å². The third-order valence-electron chi connectivity index (χ3n) is 5.07. The lowest BCUT2D eigenvalue weighted by atomic mass is 9.83. The fourth-order valence-electron chi connectivity index (χ4n) is 3.50. The molecule has 1 amide bonds. The molecule has 3 rings (SSSR count). The number of methoxy groups -OCH3 is 1. The van der Waals surface area contributed by atoms with Crippen molar-refractivity contribution in [2.75, 3.05) is 12.4 Å². The Kier molecular flexibility index (Phi) is 4.92. The van der Waals surface area contributed by atoms with E-state index < -0.39 is 0 Å². The van der Waals surface area contributed by atoms with Crippen LogP contribution < -0.4 is 16.7 Å². The van der Waals surface area contributed by atoms with Gasteiger partial charge in [0.2, 0.25) is 5.91 Å². The van der Waals surface area contributed by atoms with E-state index in [-0.39, 0.29) is 29.6 Å². The molecule has 2 aromatic rings. The first-order chi connectivity index (χ1) is 11.9. The molecule has 0 saturated heterocycles. The molecule has 25 heavy (non-hydrogen) atoms. The highest BCUT2D eigenvalue weighted by Gasteiger charge is 2.32. The number of hydrogen-bond acceptors (Lipinski definition) is 5. The highest BCUT2D eigenvalue weighted by atomic mass is 16.5. The molecule has 0 bridgehead atoms. The molecule has 1 aliphatic rings. The van der Waals surface area contributed by atoms with Crippen molar-refractivity contribution in [1.82, 2.24) is 0 Å². The molecule has 1 heterocycles. The molecular weight excluding hydrogens is 320 g/mol. The lowest BCUT2D eigenvalue weighted by Gasteiger charge is -2.32. The Hall–Kier alpha value is -2.18. The minimum atomic E-state index is -0.370. The van der Waals surface area contributed by atoms with E-state index in [1.54, 1.807) is 13.2 Å². The summed E-state index contributed by atoms with van der Waals surface area (Å²) in [5.41, 5.74) is 8.60. The van der Waals surface area contributed by atoms with Crippen molar-refractivity contribution in [2.24, 2.45) is 11.7 Å². The van der Waals surface area contributed by atoms with E-state index in [1.807, 2.05) is 19.9 Å². The maximum atomic E-state index is 12.7. The van der Waals surface area contributed by atoms with Crippen LogP contribution in [0.2, 0.25) is 0 Å². The van der Waals surface area contributed by atoms with Gasteiger partial charge in [0, 0.05) is 36.2 Å². The van der Waals surface area contributed by atoms with E-state index in [1.165, 1.54) is 6.07 Å². The number of carbonyl (C=O) groups excluding carboxylic acids is 1. The predicted octanol–water partition coefficient (Wildman–Crippen LogP) is 2.49. The van der Waals surface area contributed by atoms with Gasteiger partial charge in [-0.05, 0) is 56.4 Å². The number of nitrogens with one attached hydrogen (secondary N) is 1. The van der Waals surface area contributed by atoms with Gasteiger partial charge in [-0.25, -0.2) is 4.79 Å². The summed E-state index contributed by atoms with van der Waals surface area (Å²) in [5, 5.41) is 3.84. The molecule has 1 aliphatic carbocycles. The lowest BCUT2D eigenvalue weighted by Crippen LogP contribution is -2.44. The van der Waals surface area contributed by atoms with Crippen LogP contribution in [0.1, 0.15) is 30.4 Å². The van der Waals surface area contributed by atoms with Crippen molar-refractivity contribution in [3.05, 3.63) is 39.7 Å². The first-order valence-corrected chi connectivity index (χ1v) is 8.53. The summed E-state index contributed by atoms with van der Waals surface area (Å²) in [6.45, 7) is 3.73. The van der Waals surface area contributed by atoms with Crippen LogP contribution in [-0.2, 0) is 9.53 Å². The summed E-state index contributed by atoms with van der Waals surface area (Å²) < 4.78 is 10.6. The molecule has 0 spiro atoms. The highest BCUT2D eigenvalue weighted by Crippen LogP contribution is 2.29. The first kappa shape index (κ1) is 17.6. The van der Waals surface area contributed by atoms with Gasteiger partial charge in [-0.1, -0.05) is 0 Å². The topological polar surface area (TPSA) is 94.6 Å². The molecule has 0 unspecified atom stereocenters. The summed E-state index contributed by atoms with van der Waals surface area (Å²) in [5.74, 6) is -0.138. The van der Waals surface area contributed by atoms with Gasteiger partial charge in [-0.2, -0.15) is 0 Å². The van der Waals surface area contributed by atoms with Gasteiger partial charge in [0.25, 0.3) is 0 Å². The maximum Gasteiger partial charge on any atom is 0.336 e. The monoisotopic (exact) mass is 344 g/mol. The van der Waals surface area contributed by atoms with E-state index >= 15 is 0 Å². The summed E-state index contributed by atoms with van der Waals surface area (Å²) in [4.78, 5) is 24.2. The number of aryl methyl sites for hydroxylation is 2. The van der Waals surface area contributed by atoms with Crippen LogP contribution in [0.3, 0.4) is 0 Å². The minimum Gasteiger partial charge on any atom is -0.423 e. The minimum absolute atomic E-state index is 0.0120. The van der Waals surface area contributed by atoms with Crippen LogP contribution >= 0.6 is 0 Å². The van der Waals surface area contributed by atoms with Crippen LogP contribution in [0.25, 0.3) is 11.0 Å². The predicted molar refractivity (Wildman–Crippen MR) is 96.7 cm³/mol. The van der Waals surface area contributed by atoms with E-state index in [9.17, 15) is 9.59 Å². The standard InChI is InChI=1S/C19H24N2O4/c1-10-7-18(22)25-16-6-11(2)15(9-13(10)16)21-19(23)12-4-5-14(20)17(8-12)24-3/h6-7,9,12,14,17H,4-5,8,20H2,1-3H3,(H,21,23)/t12-,14-,17-/m0/s1. The molecule has 3 atom stereocenters. The highest BCUT2D eigenvalue weighted by molar-refractivity contribution is 5.96. The molecule has 6 nitrogen and oxygen atoms in total. The normalized spacial score (nSPS) is 23.6. The average molecular weight is 344 g/mol. The maximum absolute atomic E-state index is 12.7. The third-order valence-corrected chi connectivity index (χ3v) is 5.07. The molecule has 1 saturated carbocycles. The fraction of sp³-hybridized carbons (Fsp3) is 0.474. The Morgan fingerprint density at radius 2 is 2.00 bits per heavy atom. The second-order valence-corrected chi connectivity index (χ2v) is 6.85. The number of amides is 1. The summed E-state index contributed by atoms with van der Waals surface area (Å²) in [7, 11) is 1.63. The van der Waals surface area contributed by atoms with Crippen LogP contribution in [-0.4, -0.2) is 25.2 Å². The smallest absolute Gasteiger partial charge is 0.336 e. The van der Waals surface area contributed by atoms with Crippen LogP contribution in [0.4, 0.5) is 5.69 Å². The first-order valence-electron chi connectivity index (χ1n) is 8.53. The van der Waals surface area contributed by atoms with E-state index in [0.717, 1.165) is 35.0 Å². The number of carbonyl (C=O) groups is 1. The largest absolute Gasteiger partial charge is 0.423 e. The van der Waals surface area contributed by atoms with Crippen LogP contribution in [0.5, 0.6) is 0 Å². The van der Waals surface area contributed by atoms with Crippen molar-refractivity contribution in [3.63, 3.8) is 0 Å². The molecule has 3 N–H and O–H groups in total. The Balaban J connectivity index is 1.84. The van der Waals surface area contributed by atoms with Crippen molar-refractivity contribution >= 4 is 22.6 Å². The van der Waals surface area contributed by atoms with Crippen LogP contribution in [0, 0.1) is 19.8 Å². The summed E-state index contributed by atoms with van der Waals surface area (Å²) >= 11 is 0. The number of fused-ring (bicyclic) bond motifs is 1. The quantitative estimate of drug-likeness (QED) is 0.834. The molecule has 6 heteroatoms. The summed E-state index contributed by atoms with van der Waals surface area (Å²) in [6, 6.07) is 5.09. The Bertz CT molecular complexity index is 858. The number of nitrogens with two attached hydrogens (primary N) is 1.